The van der Waals surface area contributed by atoms with Crippen LogP contribution >= 0.6 is 0 Å². The fraction of sp³-hybridized carbons (Fsp3) is 0.444. The Kier molecular flexibility index (Phi) is 1.99. The first-order valence-electron chi connectivity index (χ1n) is 4.61. The number of amides is 3. The van der Waals surface area contributed by atoms with Crippen LogP contribution in [0.15, 0.2) is 12.4 Å². The number of imide groups is 1. The number of rotatable bonds is 1. The standard InChI is InChI=1S/C9H12N4O2/c1-9(6-4-10-11-5-6)3-7(14)12-8(15)13(9)2/h4-5H,3H2,1-2H3,(H,10,11)(H,12,14,15). The molecule has 0 saturated carbocycles. The van der Waals surface area contributed by atoms with Gasteiger partial charge in [0.2, 0.25) is 5.91 Å². The summed E-state index contributed by atoms with van der Waals surface area (Å²) in [6.45, 7) is 1.84. The molecular formula is C9H12N4O2. The second kappa shape index (κ2) is 3.08. The maximum absolute atomic E-state index is 11.5. The molecule has 1 aromatic rings. The normalized spacial score (nSPS) is 26.7. The van der Waals surface area contributed by atoms with Gasteiger partial charge in [-0.2, -0.15) is 5.10 Å². The largest absolute Gasteiger partial charge is 0.324 e. The lowest BCUT2D eigenvalue weighted by atomic mass is 9.88. The van der Waals surface area contributed by atoms with E-state index in [0.717, 1.165) is 5.56 Å². The van der Waals surface area contributed by atoms with E-state index in [4.69, 9.17) is 0 Å². The van der Waals surface area contributed by atoms with Crippen molar-refractivity contribution in [2.75, 3.05) is 7.05 Å². The van der Waals surface area contributed by atoms with Crippen LogP contribution in [0.4, 0.5) is 4.79 Å². The number of nitrogens with zero attached hydrogens (tertiary/aromatic N) is 2. The first-order chi connectivity index (χ1) is 7.04. The molecule has 6 heteroatoms. The summed E-state index contributed by atoms with van der Waals surface area (Å²) >= 11 is 0. The zero-order valence-electron chi connectivity index (χ0n) is 8.57. The Bertz CT molecular complexity index is 400. The van der Waals surface area contributed by atoms with E-state index in [1.54, 1.807) is 19.4 Å². The summed E-state index contributed by atoms with van der Waals surface area (Å²) in [4.78, 5) is 24.3. The van der Waals surface area contributed by atoms with Crippen molar-refractivity contribution in [3.05, 3.63) is 18.0 Å². The third-order valence-electron chi connectivity index (χ3n) is 2.92. The van der Waals surface area contributed by atoms with Crippen molar-refractivity contribution in [1.82, 2.24) is 20.4 Å². The predicted molar refractivity (Wildman–Crippen MR) is 51.9 cm³/mol. The van der Waals surface area contributed by atoms with Crippen LogP contribution in [0.1, 0.15) is 18.9 Å². The van der Waals surface area contributed by atoms with Crippen LogP contribution in [0.2, 0.25) is 0 Å². The molecule has 1 atom stereocenters. The van der Waals surface area contributed by atoms with E-state index < -0.39 is 5.54 Å². The fourth-order valence-electron chi connectivity index (χ4n) is 1.74. The molecule has 80 valence electrons. The number of nitrogens with one attached hydrogen (secondary N) is 2. The Morgan fingerprint density at radius 3 is 2.87 bits per heavy atom. The Balaban J connectivity index is 2.41. The molecule has 3 amide bonds. The highest BCUT2D eigenvalue weighted by Gasteiger charge is 2.41. The lowest BCUT2D eigenvalue weighted by molar-refractivity contribution is -0.124. The maximum atomic E-state index is 11.5. The molecule has 1 aliphatic heterocycles. The maximum Gasteiger partial charge on any atom is 0.324 e. The summed E-state index contributed by atoms with van der Waals surface area (Å²) in [5.41, 5.74) is 0.208. The molecule has 0 bridgehead atoms. The first kappa shape index (κ1) is 9.70. The third-order valence-corrected chi connectivity index (χ3v) is 2.92. The summed E-state index contributed by atoms with van der Waals surface area (Å²) in [5.74, 6) is -0.262. The zero-order chi connectivity index (χ0) is 11.1. The summed E-state index contributed by atoms with van der Waals surface area (Å²) in [6.07, 6.45) is 3.57. The molecule has 6 nitrogen and oxygen atoms in total. The van der Waals surface area contributed by atoms with Crippen LogP contribution in [-0.4, -0.2) is 34.1 Å². The Hall–Kier alpha value is -1.85. The van der Waals surface area contributed by atoms with Gasteiger partial charge in [-0.05, 0) is 6.92 Å². The molecule has 1 saturated heterocycles. The number of hydrogen-bond donors (Lipinski definition) is 2. The van der Waals surface area contributed by atoms with Crippen molar-refractivity contribution in [2.24, 2.45) is 0 Å². The van der Waals surface area contributed by atoms with Crippen LogP contribution < -0.4 is 5.32 Å². The molecule has 1 aliphatic rings. The average molecular weight is 208 g/mol. The van der Waals surface area contributed by atoms with E-state index in [1.165, 1.54) is 4.90 Å². The lowest BCUT2D eigenvalue weighted by Crippen LogP contribution is -2.57. The van der Waals surface area contributed by atoms with E-state index in [2.05, 4.69) is 15.5 Å². The van der Waals surface area contributed by atoms with Crippen LogP contribution in [0.3, 0.4) is 0 Å². The van der Waals surface area contributed by atoms with Crippen molar-refractivity contribution in [3.8, 4) is 0 Å². The second-order valence-corrected chi connectivity index (χ2v) is 3.85. The van der Waals surface area contributed by atoms with Gasteiger partial charge >= 0.3 is 6.03 Å². The SMILES string of the molecule is CN1C(=O)NC(=O)CC1(C)c1cn[nH]c1. The quantitative estimate of drug-likeness (QED) is 0.691. The van der Waals surface area contributed by atoms with E-state index >= 15 is 0 Å². The number of carbonyl (C=O) groups is 2. The van der Waals surface area contributed by atoms with Crippen molar-refractivity contribution in [3.63, 3.8) is 0 Å². The summed E-state index contributed by atoms with van der Waals surface area (Å²) < 4.78 is 0. The van der Waals surface area contributed by atoms with Gasteiger partial charge in [0.15, 0.2) is 0 Å². The number of aromatic nitrogens is 2. The van der Waals surface area contributed by atoms with E-state index in [9.17, 15) is 9.59 Å². The van der Waals surface area contributed by atoms with Crippen LogP contribution in [-0.2, 0) is 10.3 Å². The van der Waals surface area contributed by atoms with Crippen LogP contribution in [0.25, 0.3) is 0 Å². The predicted octanol–water partition coefficient (Wildman–Crippen LogP) is 0.197. The number of H-pyrrole nitrogens is 1. The molecule has 0 radical (unpaired) electrons. The highest BCUT2D eigenvalue weighted by Crippen LogP contribution is 2.32. The van der Waals surface area contributed by atoms with Crippen LogP contribution in [0.5, 0.6) is 0 Å². The molecule has 2 heterocycles. The van der Waals surface area contributed by atoms with Gasteiger partial charge in [0.1, 0.15) is 0 Å². The number of aromatic amines is 1. The van der Waals surface area contributed by atoms with Gasteiger partial charge in [-0.1, -0.05) is 0 Å². The fourth-order valence-corrected chi connectivity index (χ4v) is 1.74. The zero-order valence-corrected chi connectivity index (χ0v) is 8.57. The molecule has 0 aliphatic carbocycles. The summed E-state index contributed by atoms with van der Waals surface area (Å²) in [7, 11) is 1.66. The number of carbonyl (C=O) groups excluding carboxylic acids is 2. The Morgan fingerprint density at radius 2 is 2.27 bits per heavy atom. The van der Waals surface area contributed by atoms with E-state index in [0.29, 0.717) is 0 Å². The van der Waals surface area contributed by atoms with Gasteiger partial charge < -0.3 is 4.90 Å². The van der Waals surface area contributed by atoms with Gasteiger partial charge in [0.05, 0.1) is 18.2 Å². The number of hydrogen-bond acceptors (Lipinski definition) is 3. The minimum absolute atomic E-state index is 0.245. The average Bonchev–Trinajstić information content (AvgIpc) is 2.67. The molecular weight excluding hydrogens is 196 g/mol. The monoisotopic (exact) mass is 208 g/mol. The topological polar surface area (TPSA) is 78.1 Å². The Labute approximate surface area is 86.6 Å². The van der Waals surface area contributed by atoms with Crippen molar-refractivity contribution in [2.45, 2.75) is 18.9 Å². The van der Waals surface area contributed by atoms with Crippen molar-refractivity contribution in [1.29, 1.82) is 0 Å². The lowest BCUT2D eigenvalue weighted by Gasteiger charge is -2.41. The van der Waals surface area contributed by atoms with Gasteiger partial charge in [-0.25, -0.2) is 4.79 Å². The number of urea groups is 1. The van der Waals surface area contributed by atoms with Gasteiger partial charge in [0.25, 0.3) is 0 Å². The van der Waals surface area contributed by atoms with Crippen LogP contribution in [0, 0.1) is 0 Å². The third kappa shape index (κ3) is 1.38. The summed E-state index contributed by atoms with van der Waals surface area (Å²) in [5, 5.41) is 8.78. The molecule has 2 N–H and O–H groups in total. The summed E-state index contributed by atoms with van der Waals surface area (Å²) in [6, 6.07) is -0.380. The molecule has 0 spiro atoms. The highest BCUT2D eigenvalue weighted by atomic mass is 16.2. The Morgan fingerprint density at radius 1 is 1.53 bits per heavy atom. The molecule has 1 fully saturated rings. The molecule has 15 heavy (non-hydrogen) atoms. The molecule has 0 aromatic carbocycles. The second-order valence-electron chi connectivity index (χ2n) is 3.85. The first-order valence-corrected chi connectivity index (χ1v) is 4.61. The molecule has 1 unspecified atom stereocenters. The molecule has 1 aromatic heterocycles. The highest BCUT2D eigenvalue weighted by molar-refractivity contribution is 5.97. The minimum Gasteiger partial charge on any atom is -0.317 e. The van der Waals surface area contributed by atoms with Gasteiger partial charge in [-0.3, -0.25) is 15.2 Å². The van der Waals surface area contributed by atoms with Crippen molar-refractivity contribution < 1.29 is 9.59 Å². The van der Waals surface area contributed by atoms with E-state index in [-0.39, 0.29) is 18.4 Å². The van der Waals surface area contributed by atoms with Gasteiger partial charge in [0, 0.05) is 18.8 Å². The molecule has 2 rings (SSSR count). The van der Waals surface area contributed by atoms with Crippen molar-refractivity contribution >= 4 is 11.9 Å². The minimum atomic E-state index is -0.619. The van der Waals surface area contributed by atoms with Gasteiger partial charge in [-0.15, -0.1) is 0 Å². The smallest absolute Gasteiger partial charge is 0.317 e. The van der Waals surface area contributed by atoms with E-state index in [1.807, 2.05) is 6.92 Å².